The molecule has 1 aromatic heterocycles. The minimum absolute atomic E-state index is 0.326. The van der Waals surface area contributed by atoms with Crippen molar-refractivity contribution >= 4 is 23.3 Å². The predicted octanol–water partition coefficient (Wildman–Crippen LogP) is 1.59. The zero-order valence-electron chi connectivity index (χ0n) is 10.6. The maximum atomic E-state index is 11.5. The molecule has 2 heterocycles. The summed E-state index contributed by atoms with van der Waals surface area (Å²) in [4.78, 5) is 22.1. The Morgan fingerprint density at radius 3 is 2.67 bits per heavy atom. The molecule has 0 aliphatic carbocycles. The van der Waals surface area contributed by atoms with Crippen LogP contribution in [0.2, 0.25) is 5.15 Å². The number of piperidine rings is 1. The minimum atomic E-state index is -0.328. The Bertz CT molecular complexity index is 477. The molecule has 98 valence electrons. The number of amides is 1. The van der Waals surface area contributed by atoms with Gasteiger partial charge in [-0.15, -0.1) is 0 Å². The van der Waals surface area contributed by atoms with Crippen LogP contribution in [0.25, 0.3) is 0 Å². The molecule has 1 aromatic rings. The molecule has 1 unspecified atom stereocenters. The summed E-state index contributed by atoms with van der Waals surface area (Å²) in [5.41, 5.74) is 7.07. The van der Waals surface area contributed by atoms with E-state index in [1.54, 1.807) is 0 Å². The monoisotopic (exact) mass is 268 g/mol. The van der Waals surface area contributed by atoms with Crippen LogP contribution in [0.1, 0.15) is 30.7 Å². The minimum Gasteiger partial charge on any atom is -0.368 e. The molecule has 1 amide bonds. The number of nitrogens with two attached hydrogens (primary N) is 1. The van der Waals surface area contributed by atoms with Gasteiger partial charge in [-0.25, -0.2) is 9.97 Å². The topological polar surface area (TPSA) is 72.1 Å². The first-order valence-electron chi connectivity index (χ1n) is 6.07. The third kappa shape index (κ3) is 2.41. The Labute approximate surface area is 111 Å². The van der Waals surface area contributed by atoms with E-state index in [2.05, 4.69) is 9.97 Å². The number of hydrogen-bond donors (Lipinski definition) is 1. The van der Waals surface area contributed by atoms with Crippen molar-refractivity contribution in [3.8, 4) is 0 Å². The summed E-state index contributed by atoms with van der Waals surface area (Å²) < 4.78 is 0. The Hall–Kier alpha value is -1.36. The lowest BCUT2D eigenvalue weighted by Gasteiger charge is -2.34. The molecular formula is C12H17ClN4O. The van der Waals surface area contributed by atoms with Gasteiger partial charge in [-0.3, -0.25) is 4.79 Å². The van der Waals surface area contributed by atoms with E-state index >= 15 is 0 Å². The number of carbonyl (C=O) groups excluding carboxylic acids is 1. The second-order valence-electron chi connectivity index (χ2n) is 4.62. The van der Waals surface area contributed by atoms with Crippen LogP contribution in [0.5, 0.6) is 0 Å². The quantitative estimate of drug-likeness (QED) is 0.884. The van der Waals surface area contributed by atoms with E-state index in [0.717, 1.165) is 37.2 Å². The number of aryl methyl sites for hydroxylation is 2. The zero-order valence-corrected chi connectivity index (χ0v) is 11.4. The molecule has 1 fully saturated rings. The largest absolute Gasteiger partial charge is 0.368 e. The van der Waals surface area contributed by atoms with Crippen LogP contribution in [0, 0.1) is 13.8 Å². The van der Waals surface area contributed by atoms with Crippen molar-refractivity contribution in [3.63, 3.8) is 0 Å². The van der Waals surface area contributed by atoms with Gasteiger partial charge >= 0.3 is 0 Å². The second kappa shape index (κ2) is 5.10. The highest BCUT2D eigenvalue weighted by atomic mass is 35.5. The van der Waals surface area contributed by atoms with Crippen LogP contribution in [-0.4, -0.2) is 28.5 Å². The number of anilines is 1. The number of halogens is 1. The van der Waals surface area contributed by atoms with Gasteiger partial charge in [-0.1, -0.05) is 11.6 Å². The molecule has 0 saturated carbocycles. The first-order valence-corrected chi connectivity index (χ1v) is 6.45. The van der Waals surface area contributed by atoms with Crippen LogP contribution in [0.4, 0.5) is 5.82 Å². The molecule has 1 atom stereocenters. The van der Waals surface area contributed by atoms with Gasteiger partial charge in [0.15, 0.2) is 11.0 Å². The van der Waals surface area contributed by atoms with Crippen molar-refractivity contribution in [3.05, 3.63) is 16.5 Å². The van der Waals surface area contributed by atoms with Gasteiger partial charge in [0.2, 0.25) is 5.91 Å². The molecule has 0 radical (unpaired) electrons. The molecule has 0 aromatic carbocycles. The Balaban J connectivity index is 2.39. The van der Waals surface area contributed by atoms with E-state index in [1.807, 2.05) is 18.7 Å². The van der Waals surface area contributed by atoms with E-state index in [0.29, 0.717) is 11.0 Å². The molecule has 1 aliphatic rings. The normalized spacial score (nSPS) is 19.9. The summed E-state index contributed by atoms with van der Waals surface area (Å²) in [6.45, 7) is 4.48. The Morgan fingerprint density at radius 1 is 1.33 bits per heavy atom. The highest BCUT2D eigenvalue weighted by molar-refractivity contribution is 6.31. The fraction of sp³-hybridized carbons (Fsp3) is 0.583. The van der Waals surface area contributed by atoms with Crippen LogP contribution >= 0.6 is 11.6 Å². The molecule has 2 N–H and O–H groups in total. The lowest BCUT2D eigenvalue weighted by atomic mass is 10.0. The number of aromatic nitrogens is 2. The smallest absolute Gasteiger partial charge is 0.240 e. The molecule has 2 rings (SSSR count). The van der Waals surface area contributed by atoms with E-state index in [4.69, 9.17) is 17.3 Å². The molecule has 0 spiro atoms. The highest BCUT2D eigenvalue weighted by Crippen LogP contribution is 2.28. The number of carbonyl (C=O) groups is 1. The van der Waals surface area contributed by atoms with Gasteiger partial charge in [0, 0.05) is 6.54 Å². The Morgan fingerprint density at radius 2 is 2.00 bits per heavy atom. The van der Waals surface area contributed by atoms with Gasteiger partial charge in [-0.05, 0) is 33.1 Å². The number of rotatable bonds is 2. The fourth-order valence-electron chi connectivity index (χ4n) is 2.23. The van der Waals surface area contributed by atoms with E-state index in [-0.39, 0.29) is 11.9 Å². The third-order valence-electron chi connectivity index (χ3n) is 3.35. The maximum Gasteiger partial charge on any atom is 0.240 e. The molecule has 18 heavy (non-hydrogen) atoms. The lowest BCUT2D eigenvalue weighted by molar-refractivity contribution is -0.119. The summed E-state index contributed by atoms with van der Waals surface area (Å²) in [5, 5.41) is 0.339. The van der Waals surface area contributed by atoms with Crippen LogP contribution in [0.3, 0.4) is 0 Å². The van der Waals surface area contributed by atoms with Crippen molar-refractivity contribution in [1.29, 1.82) is 0 Å². The van der Waals surface area contributed by atoms with Crippen molar-refractivity contribution in [2.45, 2.75) is 39.2 Å². The van der Waals surface area contributed by atoms with E-state index in [1.165, 1.54) is 0 Å². The second-order valence-corrected chi connectivity index (χ2v) is 4.97. The van der Waals surface area contributed by atoms with Gasteiger partial charge in [0.1, 0.15) is 6.04 Å². The molecule has 1 saturated heterocycles. The van der Waals surface area contributed by atoms with Gasteiger partial charge in [0.25, 0.3) is 0 Å². The zero-order chi connectivity index (χ0) is 13.3. The van der Waals surface area contributed by atoms with Gasteiger partial charge in [0.05, 0.1) is 11.4 Å². The number of hydrogen-bond acceptors (Lipinski definition) is 4. The molecule has 0 bridgehead atoms. The van der Waals surface area contributed by atoms with Crippen LogP contribution < -0.4 is 10.6 Å². The van der Waals surface area contributed by atoms with Crippen LogP contribution in [0.15, 0.2) is 0 Å². The molecular weight excluding hydrogens is 252 g/mol. The van der Waals surface area contributed by atoms with Crippen molar-refractivity contribution in [2.75, 3.05) is 11.4 Å². The van der Waals surface area contributed by atoms with Gasteiger partial charge in [-0.2, -0.15) is 0 Å². The highest BCUT2D eigenvalue weighted by Gasteiger charge is 2.29. The first-order chi connectivity index (χ1) is 8.50. The van der Waals surface area contributed by atoms with Crippen molar-refractivity contribution in [2.24, 2.45) is 5.73 Å². The summed E-state index contributed by atoms with van der Waals surface area (Å²) in [6.07, 6.45) is 2.76. The molecule has 5 nitrogen and oxygen atoms in total. The summed E-state index contributed by atoms with van der Waals surface area (Å²) in [6, 6.07) is -0.326. The lowest BCUT2D eigenvalue weighted by Crippen LogP contribution is -2.48. The fourth-order valence-corrected chi connectivity index (χ4v) is 2.51. The molecule has 6 heteroatoms. The Kier molecular flexibility index (Phi) is 3.71. The summed E-state index contributed by atoms with van der Waals surface area (Å²) >= 11 is 6.14. The average molecular weight is 269 g/mol. The van der Waals surface area contributed by atoms with Crippen molar-refractivity contribution < 1.29 is 4.79 Å². The van der Waals surface area contributed by atoms with E-state index in [9.17, 15) is 4.79 Å². The third-order valence-corrected chi connectivity index (χ3v) is 3.60. The molecule has 1 aliphatic heterocycles. The van der Waals surface area contributed by atoms with Gasteiger partial charge < -0.3 is 10.6 Å². The average Bonchev–Trinajstić information content (AvgIpc) is 2.34. The maximum absolute atomic E-state index is 11.5. The SMILES string of the molecule is Cc1nc(Cl)c(N2CCCCC2C(N)=O)nc1C. The van der Waals surface area contributed by atoms with E-state index < -0.39 is 0 Å². The number of primary amides is 1. The van der Waals surface area contributed by atoms with Crippen LogP contribution in [-0.2, 0) is 4.79 Å². The standard InChI is InChI=1S/C12H17ClN4O/c1-7-8(2)16-12(10(13)15-7)17-6-4-3-5-9(17)11(14)18/h9H,3-6H2,1-2H3,(H2,14,18). The summed E-state index contributed by atoms with van der Waals surface area (Å²) in [7, 11) is 0. The summed E-state index contributed by atoms with van der Waals surface area (Å²) in [5.74, 6) is 0.245. The van der Waals surface area contributed by atoms with Crippen molar-refractivity contribution in [1.82, 2.24) is 9.97 Å². The predicted molar refractivity (Wildman–Crippen MR) is 70.7 cm³/mol. The first kappa shape index (κ1) is 13.1. The number of nitrogens with zero attached hydrogens (tertiary/aromatic N) is 3.